The van der Waals surface area contributed by atoms with Gasteiger partial charge in [-0.05, 0) is 36.8 Å². The van der Waals surface area contributed by atoms with Crippen molar-refractivity contribution in [1.29, 1.82) is 0 Å². The molecule has 0 amide bonds. The highest BCUT2D eigenvalue weighted by atomic mass is 32.1. The molecule has 0 saturated carbocycles. The number of thiophene rings is 1. The zero-order valence-corrected chi connectivity index (χ0v) is 19.6. The fourth-order valence-corrected chi connectivity index (χ4v) is 5.33. The summed E-state index contributed by atoms with van der Waals surface area (Å²) in [5.74, 6) is -0.616. The van der Waals surface area contributed by atoms with Crippen molar-refractivity contribution in [2.75, 3.05) is 43.5 Å². The molecular formula is C24H24FN3O2S2. The highest BCUT2D eigenvalue weighted by Gasteiger charge is 2.26. The first-order valence-corrected chi connectivity index (χ1v) is 11.5. The molecule has 4 rings (SSSR count). The summed E-state index contributed by atoms with van der Waals surface area (Å²) in [4.78, 5) is 17.8. The van der Waals surface area contributed by atoms with E-state index in [0.717, 1.165) is 16.0 Å². The van der Waals surface area contributed by atoms with Gasteiger partial charge in [-0.1, -0.05) is 42.5 Å². The molecule has 1 aliphatic heterocycles. The zero-order chi connectivity index (χ0) is 22.7. The number of carbonyl (C=O) groups is 1. The van der Waals surface area contributed by atoms with Gasteiger partial charge in [0.05, 0.1) is 12.8 Å². The summed E-state index contributed by atoms with van der Waals surface area (Å²) in [5, 5.41) is 4.50. The molecule has 32 heavy (non-hydrogen) atoms. The number of piperazine rings is 1. The molecule has 0 bridgehead atoms. The van der Waals surface area contributed by atoms with Gasteiger partial charge in [0.25, 0.3) is 0 Å². The predicted molar refractivity (Wildman–Crippen MR) is 132 cm³/mol. The molecule has 1 aromatic heterocycles. The van der Waals surface area contributed by atoms with Gasteiger partial charge >= 0.3 is 5.97 Å². The number of rotatable bonds is 4. The van der Waals surface area contributed by atoms with Gasteiger partial charge in [-0.3, -0.25) is 0 Å². The monoisotopic (exact) mass is 469 g/mol. The fraction of sp³-hybridized carbons (Fsp3) is 0.250. The molecule has 166 valence electrons. The van der Waals surface area contributed by atoms with Crippen LogP contribution < -0.4 is 10.2 Å². The van der Waals surface area contributed by atoms with Gasteiger partial charge in [0.15, 0.2) is 5.11 Å². The molecule has 2 aromatic carbocycles. The van der Waals surface area contributed by atoms with Crippen LogP contribution >= 0.6 is 23.6 Å². The highest BCUT2D eigenvalue weighted by molar-refractivity contribution is 7.80. The number of nitrogens with one attached hydrogen (secondary N) is 1. The number of anilines is 2. The third-order valence-corrected chi connectivity index (χ3v) is 6.90. The number of thiocarbonyl (C=S) groups is 1. The topological polar surface area (TPSA) is 44.8 Å². The average Bonchev–Trinajstić information content (AvgIpc) is 3.15. The Morgan fingerprint density at radius 3 is 2.38 bits per heavy atom. The molecule has 0 aliphatic carbocycles. The minimum absolute atomic E-state index is 0.216. The number of nitrogens with zero attached hydrogens (tertiary/aromatic N) is 2. The lowest BCUT2D eigenvalue weighted by molar-refractivity contribution is 0.0603. The molecule has 0 unspecified atom stereocenters. The molecular weight excluding hydrogens is 445 g/mol. The largest absolute Gasteiger partial charge is 0.465 e. The van der Waals surface area contributed by atoms with Crippen LogP contribution in [0.2, 0.25) is 0 Å². The maximum atomic E-state index is 14.1. The maximum absolute atomic E-state index is 14.1. The van der Waals surface area contributed by atoms with Crippen molar-refractivity contribution in [2.45, 2.75) is 6.92 Å². The summed E-state index contributed by atoms with van der Waals surface area (Å²) in [6.45, 7) is 4.62. The van der Waals surface area contributed by atoms with Crippen LogP contribution in [0.3, 0.4) is 0 Å². The van der Waals surface area contributed by atoms with E-state index >= 15 is 0 Å². The molecule has 1 N–H and O–H groups in total. The third kappa shape index (κ3) is 4.47. The van der Waals surface area contributed by atoms with E-state index < -0.39 is 5.97 Å². The highest BCUT2D eigenvalue weighted by Crippen LogP contribution is 2.40. The van der Waals surface area contributed by atoms with Gasteiger partial charge in [-0.2, -0.15) is 0 Å². The van der Waals surface area contributed by atoms with Crippen LogP contribution in [0.5, 0.6) is 0 Å². The SMILES string of the molecule is COC(=O)c1c(NC(=S)N2CCN(c3ccccc3F)CC2)sc(C)c1-c1ccccc1. The molecule has 0 radical (unpaired) electrons. The van der Waals surface area contributed by atoms with E-state index in [1.54, 1.807) is 12.1 Å². The summed E-state index contributed by atoms with van der Waals surface area (Å²) >= 11 is 7.15. The lowest BCUT2D eigenvalue weighted by Crippen LogP contribution is -2.50. The average molecular weight is 470 g/mol. The van der Waals surface area contributed by atoms with E-state index in [0.29, 0.717) is 47.5 Å². The van der Waals surface area contributed by atoms with Crippen molar-refractivity contribution in [2.24, 2.45) is 0 Å². The number of halogens is 1. The number of benzene rings is 2. The van der Waals surface area contributed by atoms with Crippen molar-refractivity contribution in [3.05, 3.63) is 70.9 Å². The summed E-state index contributed by atoms with van der Waals surface area (Å²) in [5.41, 5.74) is 2.92. The smallest absolute Gasteiger partial charge is 0.341 e. The zero-order valence-electron chi connectivity index (χ0n) is 17.9. The quantitative estimate of drug-likeness (QED) is 0.420. The molecule has 0 atom stereocenters. The Kier molecular flexibility index (Phi) is 6.72. The van der Waals surface area contributed by atoms with Crippen LogP contribution in [-0.2, 0) is 4.74 Å². The number of ether oxygens (including phenoxy) is 1. The standard InChI is InChI=1S/C24H24FN3O2S2/c1-16-20(17-8-4-3-5-9-17)21(23(29)30-2)22(32-16)26-24(31)28-14-12-27(13-15-28)19-11-7-6-10-18(19)25/h3-11H,12-15H2,1-2H3,(H,26,31). The van der Waals surface area contributed by atoms with Gasteiger partial charge in [-0.15, -0.1) is 11.3 Å². The van der Waals surface area contributed by atoms with Gasteiger partial charge in [-0.25, -0.2) is 9.18 Å². The summed E-state index contributed by atoms with van der Waals surface area (Å²) in [6.07, 6.45) is 0. The Bertz CT molecular complexity index is 1130. The Labute approximate surface area is 196 Å². The van der Waals surface area contributed by atoms with Crippen molar-refractivity contribution < 1.29 is 13.9 Å². The van der Waals surface area contributed by atoms with Crippen molar-refractivity contribution in [3.63, 3.8) is 0 Å². The second-order valence-corrected chi connectivity index (χ2v) is 9.06. The Balaban J connectivity index is 1.52. The van der Waals surface area contributed by atoms with Gasteiger partial charge < -0.3 is 19.9 Å². The molecule has 2 heterocycles. The Morgan fingerprint density at radius 1 is 1.06 bits per heavy atom. The van der Waals surface area contributed by atoms with Crippen molar-refractivity contribution >= 4 is 45.3 Å². The molecule has 0 spiro atoms. The predicted octanol–water partition coefficient (Wildman–Crippen LogP) is 5.17. The van der Waals surface area contributed by atoms with E-state index in [1.807, 2.05) is 53.1 Å². The molecule has 1 aliphatic rings. The first-order chi connectivity index (χ1) is 15.5. The Hall–Kier alpha value is -2.97. The minimum Gasteiger partial charge on any atom is -0.465 e. The number of esters is 1. The molecule has 8 heteroatoms. The Morgan fingerprint density at radius 2 is 1.72 bits per heavy atom. The maximum Gasteiger partial charge on any atom is 0.341 e. The van der Waals surface area contributed by atoms with Crippen LogP contribution in [0.25, 0.3) is 11.1 Å². The molecule has 3 aromatic rings. The molecule has 1 fully saturated rings. The number of aryl methyl sites for hydroxylation is 1. The van der Waals surface area contributed by atoms with Crippen molar-refractivity contribution in [1.82, 2.24) is 4.90 Å². The van der Waals surface area contributed by atoms with Crippen LogP contribution in [0.15, 0.2) is 54.6 Å². The number of methoxy groups -OCH3 is 1. The van der Waals surface area contributed by atoms with E-state index in [9.17, 15) is 9.18 Å². The number of carbonyl (C=O) groups excluding carboxylic acids is 1. The number of hydrogen-bond donors (Lipinski definition) is 1. The fourth-order valence-electron chi connectivity index (χ4n) is 3.92. The minimum atomic E-state index is -0.400. The lowest BCUT2D eigenvalue weighted by atomic mass is 10.0. The van der Waals surface area contributed by atoms with Crippen molar-refractivity contribution in [3.8, 4) is 11.1 Å². The second kappa shape index (κ2) is 9.67. The van der Waals surface area contributed by atoms with Gasteiger partial charge in [0, 0.05) is 36.6 Å². The summed E-state index contributed by atoms with van der Waals surface area (Å²) in [7, 11) is 1.38. The van der Waals surface area contributed by atoms with E-state index in [1.165, 1.54) is 24.5 Å². The normalized spacial score (nSPS) is 13.7. The van der Waals surface area contributed by atoms with E-state index in [2.05, 4.69) is 5.32 Å². The van der Waals surface area contributed by atoms with Crippen LogP contribution in [-0.4, -0.2) is 49.3 Å². The summed E-state index contributed by atoms with van der Waals surface area (Å²) < 4.78 is 19.2. The number of para-hydroxylation sites is 1. The van der Waals surface area contributed by atoms with Crippen LogP contribution in [0, 0.1) is 12.7 Å². The van der Waals surface area contributed by atoms with Crippen LogP contribution in [0.1, 0.15) is 15.2 Å². The molecule has 1 saturated heterocycles. The van der Waals surface area contributed by atoms with E-state index in [4.69, 9.17) is 17.0 Å². The first-order valence-electron chi connectivity index (χ1n) is 10.3. The van der Waals surface area contributed by atoms with Gasteiger partial charge in [0.1, 0.15) is 16.4 Å². The summed E-state index contributed by atoms with van der Waals surface area (Å²) in [6, 6.07) is 16.6. The number of hydrogen-bond acceptors (Lipinski definition) is 5. The van der Waals surface area contributed by atoms with Gasteiger partial charge in [0.2, 0.25) is 0 Å². The lowest BCUT2D eigenvalue weighted by Gasteiger charge is -2.37. The first kappa shape index (κ1) is 22.2. The second-order valence-electron chi connectivity index (χ2n) is 7.45. The van der Waals surface area contributed by atoms with Crippen LogP contribution in [0.4, 0.5) is 15.1 Å². The van der Waals surface area contributed by atoms with E-state index in [-0.39, 0.29) is 5.82 Å². The molecule has 5 nitrogen and oxygen atoms in total. The third-order valence-electron chi connectivity index (χ3n) is 5.52.